The number of anilines is 2. The van der Waals surface area contributed by atoms with Crippen molar-refractivity contribution in [2.24, 2.45) is 7.05 Å². The molecule has 0 saturated carbocycles. The van der Waals surface area contributed by atoms with E-state index >= 15 is 0 Å². The van der Waals surface area contributed by atoms with Gasteiger partial charge in [0.25, 0.3) is 0 Å². The van der Waals surface area contributed by atoms with Gasteiger partial charge < -0.3 is 14.2 Å². The van der Waals surface area contributed by atoms with Crippen LogP contribution < -0.4 is 9.64 Å². The minimum absolute atomic E-state index is 0.149. The summed E-state index contributed by atoms with van der Waals surface area (Å²) in [5, 5.41) is 4.35. The van der Waals surface area contributed by atoms with Crippen LogP contribution in [0, 0.1) is 12.7 Å². The molecule has 0 aliphatic carbocycles. The van der Waals surface area contributed by atoms with E-state index in [2.05, 4.69) is 15.1 Å². The van der Waals surface area contributed by atoms with Crippen LogP contribution in [0.15, 0.2) is 48.9 Å². The van der Waals surface area contributed by atoms with Crippen molar-refractivity contribution in [3.8, 4) is 22.8 Å². The van der Waals surface area contributed by atoms with E-state index in [9.17, 15) is 17.6 Å². The summed E-state index contributed by atoms with van der Waals surface area (Å²) >= 11 is 0. The summed E-state index contributed by atoms with van der Waals surface area (Å²) in [6.07, 6.45) is -1.22. The number of hydrogen-bond acceptors (Lipinski definition) is 5. The lowest BCUT2D eigenvalue weighted by Gasteiger charge is -2.22. The lowest BCUT2D eigenvalue weighted by atomic mass is 10.1. The molecule has 0 aliphatic rings. The zero-order valence-corrected chi connectivity index (χ0v) is 18.2. The minimum Gasteiger partial charge on any atom is -0.495 e. The van der Waals surface area contributed by atoms with Crippen molar-refractivity contribution in [2.45, 2.75) is 13.1 Å². The zero-order chi connectivity index (χ0) is 23.9. The maximum absolute atomic E-state index is 13.5. The Morgan fingerprint density at radius 2 is 1.85 bits per heavy atom. The molecule has 0 aliphatic heterocycles. The van der Waals surface area contributed by atoms with Crippen LogP contribution in [-0.4, -0.2) is 38.5 Å². The molecule has 33 heavy (non-hydrogen) atoms. The Kier molecular flexibility index (Phi) is 5.56. The van der Waals surface area contributed by atoms with E-state index in [1.54, 1.807) is 25.5 Å². The van der Waals surface area contributed by atoms with Crippen molar-refractivity contribution < 1.29 is 22.3 Å². The molecule has 4 rings (SSSR count). The monoisotopic (exact) mass is 460 g/mol. The lowest BCUT2D eigenvalue weighted by Crippen LogP contribution is -2.19. The fraction of sp³-hybridized carbons (Fsp3) is 0.227. The van der Waals surface area contributed by atoms with Gasteiger partial charge in [-0.15, -0.1) is 5.10 Å². The van der Waals surface area contributed by atoms with Gasteiger partial charge >= 0.3 is 6.18 Å². The van der Waals surface area contributed by atoms with Gasteiger partial charge in [0, 0.05) is 25.9 Å². The van der Waals surface area contributed by atoms with Crippen molar-refractivity contribution in [1.82, 2.24) is 24.3 Å². The van der Waals surface area contributed by atoms with E-state index < -0.39 is 17.6 Å². The molecule has 2 heterocycles. The second kappa shape index (κ2) is 8.23. The Bertz CT molecular complexity index is 1310. The smallest absolute Gasteiger partial charge is 0.418 e. The van der Waals surface area contributed by atoms with Crippen LogP contribution in [0.5, 0.6) is 5.75 Å². The maximum Gasteiger partial charge on any atom is 0.418 e. The molecule has 0 saturated heterocycles. The average Bonchev–Trinajstić information content (AvgIpc) is 3.37. The molecule has 7 nitrogen and oxygen atoms in total. The SMILES string of the molecule is COc1cc(-c2nc(N(C)c3ccc(F)cc3C(F)(F)F)n(C)n2)ccc1-n1cnc(C)c1. The van der Waals surface area contributed by atoms with Crippen molar-refractivity contribution in [3.63, 3.8) is 0 Å². The molecule has 2 aromatic heterocycles. The number of alkyl halides is 3. The fourth-order valence-electron chi connectivity index (χ4n) is 3.51. The predicted molar refractivity (Wildman–Crippen MR) is 114 cm³/mol. The summed E-state index contributed by atoms with van der Waals surface area (Å²) in [7, 11) is 4.52. The summed E-state index contributed by atoms with van der Waals surface area (Å²) in [6, 6.07) is 7.84. The number of nitrogens with zero attached hydrogens (tertiary/aromatic N) is 6. The number of ether oxygens (including phenoxy) is 1. The van der Waals surface area contributed by atoms with Gasteiger partial charge in [0.1, 0.15) is 11.6 Å². The van der Waals surface area contributed by atoms with Crippen LogP contribution >= 0.6 is 0 Å². The molecule has 4 aromatic rings. The highest BCUT2D eigenvalue weighted by Gasteiger charge is 2.35. The molecule has 172 valence electrons. The Labute approximate surface area is 186 Å². The molecule has 11 heteroatoms. The number of imidazole rings is 1. The van der Waals surface area contributed by atoms with Crippen LogP contribution in [-0.2, 0) is 13.2 Å². The summed E-state index contributed by atoms with van der Waals surface area (Å²) in [4.78, 5) is 9.86. The third-order valence-corrected chi connectivity index (χ3v) is 5.09. The normalized spacial score (nSPS) is 11.6. The van der Waals surface area contributed by atoms with Crippen molar-refractivity contribution >= 4 is 11.6 Å². The van der Waals surface area contributed by atoms with E-state index in [1.807, 2.05) is 23.8 Å². The molecule has 0 amide bonds. The van der Waals surface area contributed by atoms with Gasteiger partial charge in [0.15, 0.2) is 5.82 Å². The highest BCUT2D eigenvalue weighted by molar-refractivity contribution is 5.67. The van der Waals surface area contributed by atoms with Crippen molar-refractivity contribution in [1.29, 1.82) is 0 Å². The molecular weight excluding hydrogens is 440 g/mol. The van der Waals surface area contributed by atoms with Crippen LogP contribution in [0.1, 0.15) is 11.3 Å². The number of hydrogen-bond donors (Lipinski definition) is 0. The second-order valence-electron chi connectivity index (χ2n) is 7.39. The second-order valence-corrected chi connectivity index (χ2v) is 7.39. The van der Waals surface area contributed by atoms with E-state index in [0.29, 0.717) is 23.2 Å². The van der Waals surface area contributed by atoms with E-state index in [0.717, 1.165) is 23.5 Å². The van der Waals surface area contributed by atoms with Gasteiger partial charge in [-0.1, -0.05) is 0 Å². The maximum atomic E-state index is 13.5. The van der Waals surface area contributed by atoms with Gasteiger partial charge in [0.05, 0.1) is 36.1 Å². The minimum atomic E-state index is -4.73. The standard InChI is InChI=1S/C22H20F4N6O/c1-13-11-32(12-27-13)18-7-5-14(9-19(18)33-4)20-28-21(31(3)29-20)30(2)17-8-6-15(23)10-16(17)22(24,25)26/h5-12H,1-4H3. The zero-order valence-electron chi connectivity index (χ0n) is 18.2. The number of aromatic nitrogens is 5. The van der Waals surface area contributed by atoms with Crippen LogP contribution in [0.2, 0.25) is 0 Å². The van der Waals surface area contributed by atoms with E-state index in [1.165, 1.54) is 23.7 Å². The van der Waals surface area contributed by atoms with Gasteiger partial charge in [-0.2, -0.15) is 18.2 Å². The Morgan fingerprint density at radius 3 is 2.48 bits per heavy atom. The van der Waals surface area contributed by atoms with Crippen LogP contribution in [0.4, 0.5) is 29.2 Å². The third-order valence-electron chi connectivity index (χ3n) is 5.09. The number of benzene rings is 2. The molecule has 0 N–H and O–H groups in total. The third kappa shape index (κ3) is 4.26. The lowest BCUT2D eigenvalue weighted by molar-refractivity contribution is -0.137. The fourth-order valence-corrected chi connectivity index (χ4v) is 3.51. The summed E-state index contributed by atoms with van der Waals surface area (Å²) in [6.45, 7) is 1.87. The Hall–Kier alpha value is -3.89. The highest BCUT2D eigenvalue weighted by Crippen LogP contribution is 2.39. The Morgan fingerprint density at radius 1 is 1.09 bits per heavy atom. The van der Waals surface area contributed by atoms with Crippen LogP contribution in [0.25, 0.3) is 17.1 Å². The molecular formula is C22H20F4N6O. The van der Waals surface area contributed by atoms with Gasteiger partial charge in [-0.25, -0.2) is 14.1 Å². The largest absolute Gasteiger partial charge is 0.495 e. The first kappa shape index (κ1) is 22.3. The molecule has 2 aromatic carbocycles. The topological polar surface area (TPSA) is 61.0 Å². The number of rotatable bonds is 5. The average molecular weight is 460 g/mol. The highest BCUT2D eigenvalue weighted by atomic mass is 19.4. The molecule has 0 bridgehead atoms. The Balaban J connectivity index is 1.73. The quantitative estimate of drug-likeness (QED) is 0.396. The molecule has 0 atom stereocenters. The van der Waals surface area contributed by atoms with E-state index in [-0.39, 0.29) is 11.6 Å². The number of methoxy groups -OCH3 is 1. The van der Waals surface area contributed by atoms with Crippen molar-refractivity contribution in [2.75, 3.05) is 19.1 Å². The molecule has 0 spiro atoms. The van der Waals surface area contributed by atoms with Gasteiger partial charge in [-0.3, -0.25) is 0 Å². The first-order valence-electron chi connectivity index (χ1n) is 9.79. The molecule has 0 fully saturated rings. The van der Waals surface area contributed by atoms with Crippen molar-refractivity contribution in [3.05, 3.63) is 66.0 Å². The molecule has 0 unspecified atom stereocenters. The van der Waals surface area contributed by atoms with E-state index in [4.69, 9.17) is 4.74 Å². The summed E-state index contributed by atoms with van der Waals surface area (Å²) < 4.78 is 62.6. The number of halogens is 4. The molecule has 0 radical (unpaired) electrons. The first-order valence-corrected chi connectivity index (χ1v) is 9.79. The van der Waals surface area contributed by atoms with Gasteiger partial charge in [-0.05, 0) is 43.3 Å². The summed E-state index contributed by atoms with van der Waals surface area (Å²) in [5.74, 6) is 0.0145. The van der Waals surface area contributed by atoms with Crippen LogP contribution in [0.3, 0.4) is 0 Å². The first-order chi connectivity index (χ1) is 15.6. The number of aryl methyl sites for hydroxylation is 2. The van der Waals surface area contributed by atoms with Gasteiger partial charge in [0.2, 0.25) is 5.95 Å². The predicted octanol–water partition coefficient (Wildman–Crippen LogP) is 4.91. The summed E-state index contributed by atoms with van der Waals surface area (Å²) in [5.41, 5.74) is 0.874.